The van der Waals surface area contributed by atoms with E-state index in [2.05, 4.69) is 10.4 Å². The van der Waals surface area contributed by atoms with Gasteiger partial charge in [-0.05, 0) is 25.7 Å². The molecule has 4 N–H and O–H groups in total. The molecule has 1 heterocycles. The highest BCUT2D eigenvalue weighted by molar-refractivity contribution is 5.77. The number of aliphatic hydroxyl groups excluding tert-OH is 1. The molecular formula is C14H24N4O2. The number of fused-ring (bicyclic) bond motifs is 1. The summed E-state index contributed by atoms with van der Waals surface area (Å²) in [5, 5.41) is 16.4. The van der Waals surface area contributed by atoms with Crippen LogP contribution >= 0.6 is 0 Å². The van der Waals surface area contributed by atoms with Crippen LogP contribution in [-0.2, 0) is 17.8 Å². The van der Waals surface area contributed by atoms with Gasteiger partial charge in [0, 0.05) is 23.7 Å². The number of nitrogens with two attached hydrogens (primary N) is 1. The molecule has 2 unspecified atom stereocenters. The van der Waals surface area contributed by atoms with Crippen molar-refractivity contribution in [2.45, 2.75) is 57.7 Å². The van der Waals surface area contributed by atoms with E-state index in [0.29, 0.717) is 13.0 Å². The molecule has 0 fully saturated rings. The van der Waals surface area contributed by atoms with Crippen molar-refractivity contribution in [3.63, 3.8) is 0 Å². The van der Waals surface area contributed by atoms with Gasteiger partial charge in [-0.1, -0.05) is 6.92 Å². The molecule has 1 aromatic rings. The summed E-state index contributed by atoms with van der Waals surface area (Å²) >= 11 is 0. The number of nitrogens with one attached hydrogen (secondary N) is 1. The Labute approximate surface area is 119 Å². The zero-order chi connectivity index (χ0) is 14.5. The number of carbonyl (C=O) groups excluding carboxylic acids is 1. The molecular weight excluding hydrogens is 256 g/mol. The van der Waals surface area contributed by atoms with Crippen LogP contribution in [-0.4, -0.2) is 33.4 Å². The summed E-state index contributed by atoms with van der Waals surface area (Å²) in [5.41, 5.74) is 8.03. The van der Waals surface area contributed by atoms with E-state index in [4.69, 9.17) is 10.8 Å². The normalized spacial score (nSPS) is 19.4. The first-order valence-electron chi connectivity index (χ1n) is 7.36. The Morgan fingerprint density at radius 3 is 3.20 bits per heavy atom. The van der Waals surface area contributed by atoms with Crippen molar-refractivity contribution in [2.75, 3.05) is 6.61 Å². The fourth-order valence-corrected chi connectivity index (χ4v) is 2.69. The van der Waals surface area contributed by atoms with Gasteiger partial charge in [0.25, 0.3) is 0 Å². The minimum atomic E-state index is -0.0739. The smallest absolute Gasteiger partial charge is 0.222 e. The number of rotatable bonds is 6. The highest BCUT2D eigenvalue weighted by atomic mass is 16.3. The lowest BCUT2D eigenvalue weighted by Crippen LogP contribution is -2.35. The third-order valence-corrected chi connectivity index (χ3v) is 3.88. The van der Waals surface area contributed by atoms with Gasteiger partial charge < -0.3 is 16.2 Å². The summed E-state index contributed by atoms with van der Waals surface area (Å²) in [4.78, 5) is 12.0. The topological polar surface area (TPSA) is 93.2 Å². The fraction of sp³-hybridized carbons (Fsp3) is 0.714. The van der Waals surface area contributed by atoms with E-state index in [9.17, 15) is 4.79 Å². The van der Waals surface area contributed by atoms with Gasteiger partial charge >= 0.3 is 0 Å². The fourth-order valence-electron chi connectivity index (χ4n) is 2.69. The van der Waals surface area contributed by atoms with Gasteiger partial charge in [-0.2, -0.15) is 5.10 Å². The average molecular weight is 280 g/mol. The van der Waals surface area contributed by atoms with Crippen molar-refractivity contribution in [3.8, 4) is 0 Å². The second kappa shape index (κ2) is 6.85. The Balaban J connectivity index is 2.03. The van der Waals surface area contributed by atoms with E-state index in [1.807, 2.05) is 17.8 Å². The minimum absolute atomic E-state index is 0.00658. The Kier molecular flexibility index (Phi) is 5.14. The predicted molar refractivity (Wildman–Crippen MR) is 76.0 cm³/mol. The first kappa shape index (κ1) is 15.0. The van der Waals surface area contributed by atoms with Crippen molar-refractivity contribution in [3.05, 3.63) is 17.5 Å². The molecule has 1 amide bonds. The molecule has 0 aliphatic heterocycles. The van der Waals surface area contributed by atoms with Crippen LogP contribution in [0.15, 0.2) is 6.20 Å². The molecule has 6 heteroatoms. The molecule has 0 saturated carbocycles. The van der Waals surface area contributed by atoms with E-state index in [1.54, 1.807) is 0 Å². The van der Waals surface area contributed by atoms with E-state index in [1.165, 1.54) is 0 Å². The molecule has 1 aliphatic rings. The average Bonchev–Trinajstić information content (AvgIpc) is 2.83. The first-order valence-corrected chi connectivity index (χ1v) is 7.36. The highest BCUT2D eigenvalue weighted by Crippen LogP contribution is 2.29. The van der Waals surface area contributed by atoms with Gasteiger partial charge in [-0.15, -0.1) is 0 Å². The summed E-state index contributed by atoms with van der Waals surface area (Å²) in [6.45, 7) is 2.57. The Morgan fingerprint density at radius 2 is 2.50 bits per heavy atom. The summed E-state index contributed by atoms with van der Waals surface area (Å²) in [7, 11) is 0. The summed E-state index contributed by atoms with van der Waals surface area (Å²) in [6, 6.07) is -0.0436. The van der Waals surface area contributed by atoms with Crippen LogP contribution in [0.25, 0.3) is 0 Å². The summed E-state index contributed by atoms with van der Waals surface area (Å²) in [6.07, 6.45) is 5.90. The standard InChI is InChI=1S/C14H24N4O2/c1-2-10(15)8-14(20)17-12-4-3-5-13-11(12)9-16-18(13)6-7-19/h9-10,12,19H,2-8,15H2,1H3,(H,17,20). The van der Waals surface area contributed by atoms with Crippen LogP contribution in [0, 0.1) is 0 Å². The van der Waals surface area contributed by atoms with Gasteiger partial charge in [0.05, 0.1) is 25.4 Å². The third-order valence-electron chi connectivity index (χ3n) is 3.88. The van der Waals surface area contributed by atoms with Crippen molar-refractivity contribution in [1.82, 2.24) is 15.1 Å². The number of nitrogens with zero attached hydrogens (tertiary/aromatic N) is 2. The third kappa shape index (κ3) is 3.37. The number of aliphatic hydroxyl groups is 1. The summed E-state index contributed by atoms with van der Waals surface area (Å²) in [5.74, 6) is 0.00658. The maximum absolute atomic E-state index is 12.0. The van der Waals surface area contributed by atoms with Crippen molar-refractivity contribution >= 4 is 5.91 Å². The zero-order valence-corrected chi connectivity index (χ0v) is 12.0. The van der Waals surface area contributed by atoms with Crippen LogP contribution in [0.1, 0.15) is 49.9 Å². The molecule has 1 aliphatic carbocycles. The van der Waals surface area contributed by atoms with Crippen LogP contribution < -0.4 is 11.1 Å². The maximum atomic E-state index is 12.0. The van der Waals surface area contributed by atoms with Gasteiger partial charge in [-0.25, -0.2) is 0 Å². The highest BCUT2D eigenvalue weighted by Gasteiger charge is 2.25. The Hall–Kier alpha value is -1.40. The predicted octanol–water partition coefficient (Wildman–Crippen LogP) is 0.496. The van der Waals surface area contributed by atoms with Crippen LogP contribution in [0.4, 0.5) is 0 Å². The lowest BCUT2D eigenvalue weighted by atomic mass is 9.92. The molecule has 20 heavy (non-hydrogen) atoms. The molecule has 112 valence electrons. The van der Waals surface area contributed by atoms with E-state index in [-0.39, 0.29) is 24.6 Å². The van der Waals surface area contributed by atoms with E-state index < -0.39 is 0 Å². The molecule has 0 aromatic carbocycles. The van der Waals surface area contributed by atoms with E-state index >= 15 is 0 Å². The molecule has 0 spiro atoms. The van der Waals surface area contributed by atoms with E-state index in [0.717, 1.165) is 36.9 Å². The van der Waals surface area contributed by atoms with Crippen LogP contribution in [0.3, 0.4) is 0 Å². The Morgan fingerprint density at radius 1 is 1.70 bits per heavy atom. The van der Waals surface area contributed by atoms with Crippen LogP contribution in [0.5, 0.6) is 0 Å². The van der Waals surface area contributed by atoms with Gasteiger partial charge in [0.2, 0.25) is 5.91 Å². The number of carbonyl (C=O) groups is 1. The molecule has 1 aromatic heterocycles. The van der Waals surface area contributed by atoms with Gasteiger partial charge in [0.15, 0.2) is 0 Å². The molecule has 0 saturated heterocycles. The zero-order valence-electron chi connectivity index (χ0n) is 12.0. The SMILES string of the molecule is CCC(N)CC(=O)NC1CCCc2c1cnn2CCO. The lowest BCUT2D eigenvalue weighted by molar-refractivity contribution is -0.122. The molecule has 6 nitrogen and oxygen atoms in total. The van der Waals surface area contributed by atoms with Crippen LogP contribution in [0.2, 0.25) is 0 Å². The van der Waals surface area contributed by atoms with Crippen molar-refractivity contribution in [2.24, 2.45) is 5.73 Å². The first-order chi connectivity index (χ1) is 9.65. The molecule has 2 rings (SSSR count). The van der Waals surface area contributed by atoms with Crippen molar-refractivity contribution in [1.29, 1.82) is 0 Å². The number of aromatic nitrogens is 2. The molecule has 0 bridgehead atoms. The number of hydrogen-bond donors (Lipinski definition) is 3. The minimum Gasteiger partial charge on any atom is -0.394 e. The number of amides is 1. The molecule has 0 radical (unpaired) electrons. The largest absolute Gasteiger partial charge is 0.394 e. The monoisotopic (exact) mass is 280 g/mol. The lowest BCUT2D eigenvalue weighted by Gasteiger charge is -2.24. The van der Waals surface area contributed by atoms with Crippen molar-refractivity contribution < 1.29 is 9.90 Å². The summed E-state index contributed by atoms with van der Waals surface area (Å²) < 4.78 is 1.84. The Bertz CT molecular complexity index is 458. The maximum Gasteiger partial charge on any atom is 0.222 e. The second-order valence-electron chi connectivity index (χ2n) is 5.38. The van der Waals surface area contributed by atoms with Gasteiger partial charge in [-0.3, -0.25) is 9.48 Å². The second-order valence-corrected chi connectivity index (χ2v) is 5.38. The number of hydrogen-bond acceptors (Lipinski definition) is 4. The molecule has 2 atom stereocenters. The van der Waals surface area contributed by atoms with Gasteiger partial charge in [0.1, 0.15) is 0 Å². The quantitative estimate of drug-likeness (QED) is 0.707.